The number of benzene rings is 1. The molecular formula is C17H27NO2. The van der Waals surface area contributed by atoms with Crippen LogP contribution in [0.5, 0.6) is 11.5 Å². The molecule has 0 heterocycles. The minimum Gasteiger partial charge on any atom is -0.497 e. The van der Waals surface area contributed by atoms with Crippen molar-refractivity contribution in [2.75, 3.05) is 20.8 Å². The van der Waals surface area contributed by atoms with Gasteiger partial charge in [-0.3, -0.25) is 0 Å². The summed E-state index contributed by atoms with van der Waals surface area (Å²) in [5.74, 6) is 1.73. The minimum atomic E-state index is 0.292. The zero-order chi connectivity index (χ0) is 14.6. The lowest BCUT2D eigenvalue weighted by molar-refractivity contribution is 0.120. The summed E-state index contributed by atoms with van der Waals surface area (Å²) in [5, 5.41) is 3.68. The van der Waals surface area contributed by atoms with Crippen LogP contribution in [-0.4, -0.2) is 20.8 Å². The quantitative estimate of drug-likeness (QED) is 0.819. The van der Waals surface area contributed by atoms with E-state index in [0.717, 1.165) is 18.0 Å². The zero-order valence-electron chi connectivity index (χ0n) is 13.2. The van der Waals surface area contributed by atoms with Gasteiger partial charge >= 0.3 is 0 Å². The summed E-state index contributed by atoms with van der Waals surface area (Å²) in [4.78, 5) is 0. The summed E-state index contributed by atoms with van der Waals surface area (Å²) in [5.41, 5.74) is 1.73. The van der Waals surface area contributed by atoms with Crippen LogP contribution in [0.3, 0.4) is 0 Å². The van der Waals surface area contributed by atoms with Crippen LogP contribution in [0.4, 0.5) is 0 Å². The first-order chi connectivity index (χ1) is 9.64. The molecule has 0 amide bonds. The van der Waals surface area contributed by atoms with Gasteiger partial charge in [0.05, 0.1) is 14.2 Å². The summed E-state index contributed by atoms with van der Waals surface area (Å²) in [6.45, 7) is 5.60. The Labute approximate surface area is 122 Å². The monoisotopic (exact) mass is 277 g/mol. The Bertz CT molecular complexity index is 435. The van der Waals surface area contributed by atoms with Gasteiger partial charge in [-0.1, -0.05) is 19.4 Å². The summed E-state index contributed by atoms with van der Waals surface area (Å²) in [7, 11) is 3.39. The van der Waals surface area contributed by atoms with E-state index in [9.17, 15) is 0 Å². The third-order valence-corrected chi connectivity index (χ3v) is 4.85. The number of methoxy groups -OCH3 is 2. The van der Waals surface area contributed by atoms with Crippen LogP contribution in [0.15, 0.2) is 18.2 Å². The van der Waals surface area contributed by atoms with Crippen molar-refractivity contribution in [3.8, 4) is 11.5 Å². The first kappa shape index (κ1) is 15.2. The highest BCUT2D eigenvalue weighted by atomic mass is 16.5. The van der Waals surface area contributed by atoms with Gasteiger partial charge < -0.3 is 14.8 Å². The predicted molar refractivity (Wildman–Crippen MR) is 82.5 cm³/mol. The SMILES string of the molecule is CCC1(CNC(C)c2ccc(OC)cc2OC)CCC1. The molecule has 1 fully saturated rings. The van der Waals surface area contributed by atoms with Gasteiger partial charge in [-0.15, -0.1) is 0 Å². The maximum Gasteiger partial charge on any atom is 0.127 e. The molecular weight excluding hydrogens is 250 g/mol. The minimum absolute atomic E-state index is 0.292. The van der Waals surface area contributed by atoms with Crippen molar-refractivity contribution >= 4 is 0 Å². The number of ether oxygens (including phenoxy) is 2. The number of rotatable bonds is 7. The molecule has 0 aromatic heterocycles. The lowest BCUT2D eigenvalue weighted by atomic mass is 9.67. The third-order valence-electron chi connectivity index (χ3n) is 4.85. The predicted octanol–water partition coefficient (Wildman–Crippen LogP) is 3.93. The molecule has 1 aromatic carbocycles. The fraction of sp³-hybridized carbons (Fsp3) is 0.647. The van der Waals surface area contributed by atoms with Crippen molar-refractivity contribution in [2.24, 2.45) is 5.41 Å². The van der Waals surface area contributed by atoms with Gasteiger partial charge in [0.15, 0.2) is 0 Å². The molecule has 1 N–H and O–H groups in total. The molecule has 0 spiro atoms. The highest BCUT2D eigenvalue weighted by Crippen LogP contribution is 2.43. The highest BCUT2D eigenvalue weighted by molar-refractivity contribution is 5.42. The van der Waals surface area contributed by atoms with Crippen molar-refractivity contribution in [2.45, 2.75) is 45.6 Å². The van der Waals surface area contributed by atoms with E-state index in [4.69, 9.17) is 9.47 Å². The number of hydrogen-bond acceptors (Lipinski definition) is 3. The number of nitrogens with one attached hydrogen (secondary N) is 1. The van der Waals surface area contributed by atoms with Crippen LogP contribution in [-0.2, 0) is 0 Å². The topological polar surface area (TPSA) is 30.5 Å². The molecule has 1 aliphatic rings. The maximum atomic E-state index is 5.49. The molecule has 1 aliphatic carbocycles. The van der Waals surface area contributed by atoms with Gasteiger partial charge in [-0.2, -0.15) is 0 Å². The van der Waals surface area contributed by atoms with Crippen LogP contribution >= 0.6 is 0 Å². The molecule has 20 heavy (non-hydrogen) atoms. The van der Waals surface area contributed by atoms with E-state index in [1.807, 2.05) is 12.1 Å². The average molecular weight is 277 g/mol. The first-order valence-electron chi connectivity index (χ1n) is 7.59. The average Bonchev–Trinajstić information content (AvgIpc) is 2.45. The van der Waals surface area contributed by atoms with Gasteiger partial charge in [-0.05, 0) is 37.7 Å². The molecule has 2 rings (SSSR count). The van der Waals surface area contributed by atoms with E-state index in [1.165, 1.54) is 31.2 Å². The molecule has 0 radical (unpaired) electrons. The Balaban J connectivity index is 2.03. The van der Waals surface area contributed by atoms with Gasteiger partial charge in [0.1, 0.15) is 11.5 Å². The summed E-state index contributed by atoms with van der Waals surface area (Å²) in [6, 6.07) is 6.33. The van der Waals surface area contributed by atoms with E-state index in [2.05, 4.69) is 25.2 Å². The third kappa shape index (κ3) is 3.09. The highest BCUT2D eigenvalue weighted by Gasteiger charge is 2.35. The second-order valence-corrected chi connectivity index (χ2v) is 5.92. The lowest BCUT2D eigenvalue weighted by Crippen LogP contribution is -2.40. The van der Waals surface area contributed by atoms with Crippen molar-refractivity contribution in [3.63, 3.8) is 0 Å². The fourth-order valence-electron chi connectivity index (χ4n) is 2.99. The lowest BCUT2D eigenvalue weighted by Gasteiger charge is -2.42. The largest absolute Gasteiger partial charge is 0.497 e. The van der Waals surface area contributed by atoms with E-state index < -0.39 is 0 Å². The summed E-state index contributed by atoms with van der Waals surface area (Å²) < 4.78 is 10.7. The van der Waals surface area contributed by atoms with Crippen LogP contribution in [0.2, 0.25) is 0 Å². The maximum absolute atomic E-state index is 5.49. The van der Waals surface area contributed by atoms with Gasteiger partial charge in [0.25, 0.3) is 0 Å². The van der Waals surface area contributed by atoms with E-state index in [-0.39, 0.29) is 0 Å². The Kier molecular flexibility index (Phi) is 4.92. The molecule has 3 nitrogen and oxygen atoms in total. The fourth-order valence-corrected chi connectivity index (χ4v) is 2.99. The molecule has 3 heteroatoms. The van der Waals surface area contributed by atoms with Crippen molar-refractivity contribution in [1.82, 2.24) is 5.32 Å². The zero-order valence-corrected chi connectivity index (χ0v) is 13.2. The standard InChI is InChI=1S/C17H27NO2/c1-5-17(9-6-10-17)12-18-13(2)15-8-7-14(19-3)11-16(15)20-4/h7-8,11,13,18H,5-6,9-10,12H2,1-4H3. The summed E-state index contributed by atoms with van der Waals surface area (Å²) >= 11 is 0. The van der Waals surface area contributed by atoms with Gasteiger partial charge in [-0.25, -0.2) is 0 Å². The smallest absolute Gasteiger partial charge is 0.127 e. The van der Waals surface area contributed by atoms with Crippen LogP contribution in [0, 0.1) is 5.41 Å². The van der Waals surface area contributed by atoms with Gasteiger partial charge in [0, 0.05) is 24.2 Å². The van der Waals surface area contributed by atoms with Gasteiger partial charge in [0.2, 0.25) is 0 Å². The molecule has 0 bridgehead atoms. The van der Waals surface area contributed by atoms with Crippen molar-refractivity contribution in [1.29, 1.82) is 0 Å². The van der Waals surface area contributed by atoms with E-state index >= 15 is 0 Å². The molecule has 1 aromatic rings. The Morgan fingerprint density at radius 3 is 2.50 bits per heavy atom. The molecule has 112 valence electrons. The number of hydrogen-bond donors (Lipinski definition) is 1. The Hall–Kier alpha value is -1.22. The summed E-state index contributed by atoms with van der Waals surface area (Å²) in [6.07, 6.45) is 5.38. The van der Waals surface area contributed by atoms with Crippen LogP contribution in [0.1, 0.15) is 51.1 Å². The molecule has 1 saturated carbocycles. The molecule has 1 unspecified atom stereocenters. The normalized spacial score (nSPS) is 18.2. The Morgan fingerprint density at radius 1 is 1.25 bits per heavy atom. The second-order valence-electron chi connectivity index (χ2n) is 5.92. The van der Waals surface area contributed by atoms with E-state index in [1.54, 1.807) is 14.2 Å². The molecule has 0 aliphatic heterocycles. The van der Waals surface area contributed by atoms with Crippen molar-refractivity contribution < 1.29 is 9.47 Å². The molecule has 1 atom stereocenters. The van der Waals surface area contributed by atoms with Crippen molar-refractivity contribution in [3.05, 3.63) is 23.8 Å². The van der Waals surface area contributed by atoms with E-state index in [0.29, 0.717) is 11.5 Å². The first-order valence-corrected chi connectivity index (χ1v) is 7.59. The Morgan fingerprint density at radius 2 is 2.00 bits per heavy atom. The van der Waals surface area contributed by atoms with Crippen LogP contribution < -0.4 is 14.8 Å². The second kappa shape index (κ2) is 6.49. The van der Waals surface area contributed by atoms with Crippen LogP contribution in [0.25, 0.3) is 0 Å². The molecule has 0 saturated heterocycles.